The second kappa shape index (κ2) is 6.53. The molecular weight excluding hydrogens is 246 g/mol. The van der Waals surface area contributed by atoms with Gasteiger partial charge in [0.15, 0.2) is 0 Å². The van der Waals surface area contributed by atoms with Crippen LogP contribution in [0, 0.1) is 16.0 Å². The highest BCUT2D eigenvalue weighted by Crippen LogP contribution is 2.22. The predicted octanol–water partition coefficient (Wildman–Crippen LogP) is 3.28. The van der Waals surface area contributed by atoms with Gasteiger partial charge >= 0.3 is 6.03 Å². The van der Waals surface area contributed by atoms with Gasteiger partial charge in [0.25, 0.3) is 5.69 Å². The van der Waals surface area contributed by atoms with Crippen molar-refractivity contribution in [2.45, 2.75) is 20.8 Å². The maximum absolute atomic E-state index is 11.6. The Bertz CT molecular complexity index is 510. The number of hydrogen-bond donors (Lipinski definition) is 2. The monoisotopic (exact) mass is 263 g/mol. The number of urea groups is 1. The highest BCUT2D eigenvalue weighted by atomic mass is 16.6. The van der Waals surface area contributed by atoms with Crippen LogP contribution in [0.15, 0.2) is 36.0 Å². The van der Waals surface area contributed by atoms with E-state index >= 15 is 0 Å². The molecule has 2 N–H and O–H groups in total. The predicted molar refractivity (Wildman–Crippen MR) is 73.8 cm³/mol. The van der Waals surface area contributed by atoms with Gasteiger partial charge in [-0.1, -0.05) is 31.6 Å². The number of rotatable bonds is 4. The molecule has 1 aromatic rings. The lowest BCUT2D eigenvalue weighted by Crippen LogP contribution is -2.25. The Morgan fingerprint density at radius 2 is 2.00 bits per heavy atom. The average Bonchev–Trinajstić information content (AvgIpc) is 2.36. The van der Waals surface area contributed by atoms with Crippen LogP contribution in [-0.4, -0.2) is 11.0 Å². The molecule has 0 saturated heterocycles. The first-order chi connectivity index (χ1) is 8.91. The van der Waals surface area contributed by atoms with E-state index in [1.54, 1.807) is 18.3 Å². The summed E-state index contributed by atoms with van der Waals surface area (Å²) in [5, 5.41) is 15.8. The summed E-state index contributed by atoms with van der Waals surface area (Å²) in [4.78, 5) is 21.9. The van der Waals surface area contributed by atoms with Crippen LogP contribution in [0.3, 0.4) is 0 Å². The molecule has 0 unspecified atom stereocenters. The topological polar surface area (TPSA) is 84.3 Å². The van der Waals surface area contributed by atoms with Crippen LogP contribution in [0.4, 0.5) is 16.2 Å². The van der Waals surface area contributed by atoms with Gasteiger partial charge in [-0.25, -0.2) is 4.79 Å². The highest BCUT2D eigenvalue weighted by molar-refractivity contribution is 5.92. The summed E-state index contributed by atoms with van der Waals surface area (Å²) in [5.41, 5.74) is 1.04. The third-order valence-electron chi connectivity index (χ3n) is 2.69. The molecule has 0 fully saturated rings. The Morgan fingerprint density at radius 3 is 2.58 bits per heavy atom. The van der Waals surface area contributed by atoms with Crippen LogP contribution in [0.2, 0.25) is 0 Å². The van der Waals surface area contributed by atoms with Crippen LogP contribution in [0.5, 0.6) is 0 Å². The molecule has 0 aliphatic rings. The first-order valence-electron chi connectivity index (χ1n) is 5.89. The molecule has 0 bridgehead atoms. The molecule has 0 aromatic heterocycles. The maximum Gasteiger partial charge on any atom is 0.323 e. The standard InChI is InChI=1S/C13H17N3O3/c1-9(2)10(3)8-14-13(17)15-11-6-4-5-7-12(11)16(18)19/h4-9H,1-3H3,(H2,14,15,17)/b10-8+. The number of nitrogens with one attached hydrogen (secondary N) is 2. The normalized spacial score (nSPS) is 11.3. The van der Waals surface area contributed by atoms with Gasteiger partial charge in [-0.3, -0.25) is 10.1 Å². The summed E-state index contributed by atoms with van der Waals surface area (Å²) in [7, 11) is 0. The number of amides is 2. The third kappa shape index (κ3) is 4.42. The number of anilines is 1. The average molecular weight is 263 g/mol. The Hall–Kier alpha value is -2.37. The minimum absolute atomic E-state index is 0.137. The second-order valence-corrected chi connectivity index (χ2v) is 4.42. The molecule has 102 valence electrons. The maximum atomic E-state index is 11.6. The number of hydrogen-bond acceptors (Lipinski definition) is 3. The van der Waals surface area contributed by atoms with Crippen LogP contribution in [0.25, 0.3) is 0 Å². The fourth-order valence-corrected chi connectivity index (χ4v) is 1.24. The number of nitro groups is 1. The van der Waals surface area contributed by atoms with Crippen molar-refractivity contribution >= 4 is 17.4 Å². The van der Waals surface area contributed by atoms with E-state index in [2.05, 4.69) is 10.6 Å². The minimum atomic E-state index is -0.537. The SMILES string of the molecule is C/C(=C\NC(=O)Nc1ccccc1[N+](=O)[O-])C(C)C. The van der Waals surface area contributed by atoms with Crippen LogP contribution < -0.4 is 10.6 Å². The van der Waals surface area contributed by atoms with E-state index in [4.69, 9.17) is 0 Å². The molecule has 0 aliphatic carbocycles. The van der Waals surface area contributed by atoms with E-state index in [1.165, 1.54) is 12.1 Å². The zero-order valence-electron chi connectivity index (χ0n) is 11.1. The van der Waals surface area contributed by atoms with E-state index in [9.17, 15) is 14.9 Å². The van der Waals surface area contributed by atoms with Gasteiger partial charge in [0, 0.05) is 12.3 Å². The van der Waals surface area contributed by atoms with Crippen molar-refractivity contribution < 1.29 is 9.72 Å². The van der Waals surface area contributed by atoms with Crippen LogP contribution >= 0.6 is 0 Å². The molecule has 0 atom stereocenters. The summed E-state index contributed by atoms with van der Waals surface area (Å²) in [6, 6.07) is 5.48. The summed E-state index contributed by atoms with van der Waals surface area (Å²) >= 11 is 0. The van der Waals surface area contributed by atoms with Crippen molar-refractivity contribution in [1.29, 1.82) is 0 Å². The van der Waals surface area contributed by atoms with Gasteiger partial charge in [0.2, 0.25) is 0 Å². The minimum Gasteiger partial charge on any atom is -0.314 e. The van der Waals surface area contributed by atoms with Crippen molar-refractivity contribution in [3.63, 3.8) is 0 Å². The quantitative estimate of drug-likeness (QED) is 0.645. The zero-order valence-corrected chi connectivity index (χ0v) is 11.1. The van der Waals surface area contributed by atoms with E-state index in [-0.39, 0.29) is 11.4 Å². The number of carbonyl (C=O) groups excluding carboxylic acids is 1. The largest absolute Gasteiger partial charge is 0.323 e. The summed E-state index contributed by atoms with van der Waals surface area (Å²) in [6.45, 7) is 5.91. The second-order valence-electron chi connectivity index (χ2n) is 4.42. The molecule has 19 heavy (non-hydrogen) atoms. The van der Waals surface area contributed by atoms with Gasteiger partial charge in [0.05, 0.1) is 4.92 Å². The smallest absolute Gasteiger partial charge is 0.314 e. The molecule has 6 heteroatoms. The molecule has 0 saturated carbocycles. The Kier molecular flexibility index (Phi) is 5.05. The summed E-state index contributed by atoms with van der Waals surface area (Å²) in [5.74, 6) is 0.325. The zero-order chi connectivity index (χ0) is 14.4. The molecule has 2 amide bonds. The van der Waals surface area contributed by atoms with Gasteiger partial charge in [-0.2, -0.15) is 0 Å². The van der Waals surface area contributed by atoms with Crippen LogP contribution in [-0.2, 0) is 0 Å². The first kappa shape index (κ1) is 14.7. The lowest BCUT2D eigenvalue weighted by molar-refractivity contribution is -0.383. The van der Waals surface area contributed by atoms with Crippen molar-refractivity contribution in [2.24, 2.45) is 5.92 Å². The van der Waals surface area contributed by atoms with Gasteiger partial charge < -0.3 is 10.6 Å². The highest BCUT2D eigenvalue weighted by Gasteiger charge is 2.13. The molecular formula is C13H17N3O3. The molecule has 6 nitrogen and oxygen atoms in total. The van der Waals surface area contributed by atoms with Crippen molar-refractivity contribution in [2.75, 3.05) is 5.32 Å². The van der Waals surface area contributed by atoms with Crippen LogP contribution in [0.1, 0.15) is 20.8 Å². The Morgan fingerprint density at radius 1 is 1.37 bits per heavy atom. The van der Waals surface area contributed by atoms with Gasteiger partial charge in [-0.05, 0) is 18.9 Å². The molecule has 1 rings (SSSR count). The molecule has 0 radical (unpaired) electrons. The number of para-hydroxylation sites is 2. The van der Waals surface area contributed by atoms with E-state index < -0.39 is 11.0 Å². The lowest BCUT2D eigenvalue weighted by atomic mass is 10.1. The molecule has 0 heterocycles. The number of allylic oxidation sites excluding steroid dienone is 1. The van der Waals surface area contributed by atoms with Crippen molar-refractivity contribution in [3.8, 4) is 0 Å². The van der Waals surface area contributed by atoms with Gasteiger partial charge in [-0.15, -0.1) is 0 Å². The number of nitrogens with zero attached hydrogens (tertiary/aromatic N) is 1. The Balaban J connectivity index is 2.73. The lowest BCUT2D eigenvalue weighted by Gasteiger charge is -2.08. The number of nitro benzene ring substituents is 1. The Labute approximate surface area is 111 Å². The number of benzene rings is 1. The molecule has 1 aromatic carbocycles. The van der Waals surface area contributed by atoms with E-state index in [1.807, 2.05) is 20.8 Å². The third-order valence-corrected chi connectivity index (χ3v) is 2.69. The van der Waals surface area contributed by atoms with Crippen molar-refractivity contribution in [3.05, 3.63) is 46.2 Å². The van der Waals surface area contributed by atoms with Crippen molar-refractivity contribution in [1.82, 2.24) is 5.32 Å². The molecule has 0 aliphatic heterocycles. The summed E-state index contributed by atoms with van der Waals surface area (Å²) in [6.07, 6.45) is 1.59. The number of carbonyl (C=O) groups is 1. The fraction of sp³-hybridized carbons (Fsp3) is 0.308. The van der Waals surface area contributed by atoms with E-state index in [0.717, 1.165) is 5.57 Å². The van der Waals surface area contributed by atoms with Gasteiger partial charge in [0.1, 0.15) is 5.69 Å². The molecule has 0 spiro atoms. The van der Waals surface area contributed by atoms with E-state index in [0.29, 0.717) is 5.92 Å². The first-order valence-corrected chi connectivity index (χ1v) is 5.89. The fourth-order valence-electron chi connectivity index (χ4n) is 1.24. The summed E-state index contributed by atoms with van der Waals surface area (Å²) < 4.78 is 0.